The Morgan fingerprint density at radius 1 is 1.03 bits per heavy atom. The Balaban J connectivity index is 1.53. The van der Waals surface area contributed by atoms with Gasteiger partial charge in [-0.05, 0) is 65.8 Å². The molecule has 0 spiro atoms. The van der Waals surface area contributed by atoms with E-state index in [4.69, 9.17) is 21.7 Å². The number of rotatable bonds is 6. The van der Waals surface area contributed by atoms with Crippen molar-refractivity contribution in [1.29, 1.82) is 0 Å². The van der Waals surface area contributed by atoms with Gasteiger partial charge in [0.2, 0.25) is 0 Å². The van der Waals surface area contributed by atoms with Crippen LogP contribution in [0.1, 0.15) is 11.1 Å². The monoisotopic (exact) mass is 434 g/mol. The number of nitrogens with one attached hydrogen (secondary N) is 1. The molecule has 7 heteroatoms. The molecular weight excluding hydrogens is 415 g/mol. The van der Waals surface area contributed by atoms with Crippen molar-refractivity contribution in [2.24, 2.45) is 0 Å². The van der Waals surface area contributed by atoms with Crippen molar-refractivity contribution < 1.29 is 18.7 Å². The summed E-state index contributed by atoms with van der Waals surface area (Å²) in [7, 11) is 1.56. The zero-order chi connectivity index (χ0) is 21.8. The molecule has 0 aromatic heterocycles. The van der Waals surface area contributed by atoms with E-state index in [-0.39, 0.29) is 16.8 Å². The minimum Gasteiger partial charge on any atom is -0.493 e. The quantitative estimate of drug-likeness (QED) is 0.451. The molecular formula is C24H19FN2O3S. The van der Waals surface area contributed by atoms with Crippen molar-refractivity contribution in [3.8, 4) is 11.5 Å². The molecule has 1 amide bonds. The fourth-order valence-electron chi connectivity index (χ4n) is 3.15. The first kappa shape index (κ1) is 20.6. The summed E-state index contributed by atoms with van der Waals surface area (Å²) in [6, 6.07) is 20.8. The Morgan fingerprint density at radius 2 is 1.77 bits per heavy atom. The summed E-state index contributed by atoms with van der Waals surface area (Å²) in [6.07, 6.45) is 1.68. The number of hydrogen-bond acceptors (Lipinski definition) is 4. The number of benzene rings is 3. The molecule has 1 heterocycles. The number of halogens is 1. The standard InChI is InChI=1S/C24H19FN2O3S/c1-29-22-14-17(7-12-21(22)30-15-16-5-3-2-4-6-16)13-20-23(28)27(24(31)26-20)19-10-8-18(25)9-11-19/h2-14H,15H2,1H3,(H,26,31)/b20-13-. The maximum atomic E-state index is 13.2. The lowest BCUT2D eigenvalue weighted by Crippen LogP contribution is -2.30. The van der Waals surface area contributed by atoms with Crippen LogP contribution in [0.3, 0.4) is 0 Å². The molecule has 1 N–H and O–H groups in total. The van der Waals surface area contributed by atoms with Crippen molar-refractivity contribution >= 4 is 35.0 Å². The zero-order valence-corrected chi connectivity index (χ0v) is 17.5. The maximum absolute atomic E-state index is 13.2. The van der Waals surface area contributed by atoms with Gasteiger partial charge in [0, 0.05) is 0 Å². The highest BCUT2D eigenvalue weighted by Gasteiger charge is 2.32. The number of nitrogens with zero attached hydrogens (tertiary/aromatic N) is 1. The molecule has 0 aliphatic carbocycles. The van der Waals surface area contributed by atoms with Crippen molar-refractivity contribution in [3.63, 3.8) is 0 Å². The highest BCUT2D eigenvalue weighted by atomic mass is 32.1. The van der Waals surface area contributed by atoms with Crippen LogP contribution in [0.25, 0.3) is 6.08 Å². The van der Waals surface area contributed by atoms with Crippen LogP contribution in [0.15, 0.2) is 78.5 Å². The largest absolute Gasteiger partial charge is 0.493 e. The van der Waals surface area contributed by atoms with Crippen LogP contribution >= 0.6 is 12.2 Å². The van der Waals surface area contributed by atoms with E-state index >= 15 is 0 Å². The lowest BCUT2D eigenvalue weighted by atomic mass is 10.1. The molecule has 5 nitrogen and oxygen atoms in total. The van der Waals surface area contributed by atoms with Crippen molar-refractivity contribution in [2.75, 3.05) is 12.0 Å². The van der Waals surface area contributed by atoms with E-state index in [1.165, 1.54) is 29.2 Å². The summed E-state index contributed by atoms with van der Waals surface area (Å²) in [6.45, 7) is 0.415. The predicted molar refractivity (Wildman–Crippen MR) is 121 cm³/mol. The minimum absolute atomic E-state index is 0.234. The summed E-state index contributed by atoms with van der Waals surface area (Å²) < 4.78 is 24.5. The van der Waals surface area contributed by atoms with Gasteiger partial charge in [0.1, 0.15) is 18.1 Å². The van der Waals surface area contributed by atoms with Gasteiger partial charge in [0.25, 0.3) is 5.91 Å². The molecule has 0 atom stereocenters. The van der Waals surface area contributed by atoms with Crippen LogP contribution in [-0.4, -0.2) is 18.1 Å². The van der Waals surface area contributed by atoms with Crippen LogP contribution in [0.2, 0.25) is 0 Å². The second kappa shape index (κ2) is 8.97. The van der Waals surface area contributed by atoms with Gasteiger partial charge in [0.05, 0.1) is 12.8 Å². The van der Waals surface area contributed by atoms with Gasteiger partial charge in [-0.3, -0.25) is 9.69 Å². The second-order valence-corrected chi connectivity index (χ2v) is 7.18. The summed E-state index contributed by atoms with van der Waals surface area (Å²) in [5.74, 6) is 0.447. The fraction of sp³-hybridized carbons (Fsp3) is 0.0833. The number of carbonyl (C=O) groups excluding carboxylic acids is 1. The number of hydrogen-bond donors (Lipinski definition) is 1. The molecule has 0 bridgehead atoms. The normalized spacial score (nSPS) is 14.6. The van der Waals surface area contributed by atoms with Crippen LogP contribution in [0.4, 0.5) is 10.1 Å². The van der Waals surface area contributed by atoms with E-state index in [0.717, 1.165) is 11.1 Å². The Labute approximate surface area is 184 Å². The number of ether oxygens (including phenoxy) is 2. The van der Waals surface area contributed by atoms with Crippen LogP contribution in [0.5, 0.6) is 11.5 Å². The average Bonchev–Trinajstić information content (AvgIpc) is 3.07. The Bertz CT molecular complexity index is 1150. The predicted octanol–water partition coefficient (Wildman–Crippen LogP) is 4.68. The number of methoxy groups -OCH3 is 1. The number of amides is 1. The van der Waals surface area contributed by atoms with E-state index in [9.17, 15) is 9.18 Å². The highest BCUT2D eigenvalue weighted by Crippen LogP contribution is 2.30. The Morgan fingerprint density at radius 3 is 2.48 bits per heavy atom. The summed E-state index contributed by atoms with van der Waals surface area (Å²) in [5, 5.41) is 3.15. The molecule has 0 unspecified atom stereocenters. The average molecular weight is 434 g/mol. The molecule has 1 aliphatic rings. The van der Waals surface area contributed by atoms with E-state index in [1.54, 1.807) is 25.3 Å². The van der Waals surface area contributed by atoms with Crippen molar-refractivity contribution in [2.45, 2.75) is 6.61 Å². The number of thiocarbonyl (C=S) groups is 1. The van der Waals surface area contributed by atoms with Gasteiger partial charge < -0.3 is 14.8 Å². The molecule has 0 radical (unpaired) electrons. The van der Waals surface area contributed by atoms with Gasteiger partial charge >= 0.3 is 0 Å². The molecule has 156 valence electrons. The molecule has 4 rings (SSSR count). The third kappa shape index (κ3) is 4.57. The third-order valence-electron chi connectivity index (χ3n) is 4.70. The van der Waals surface area contributed by atoms with E-state index < -0.39 is 0 Å². The van der Waals surface area contributed by atoms with Crippen LogP contribution < -0.4 is 19.7 Å². The topological polar surface area (TPSA) is 50.8 Å². The maximum Gasteiger partial charge on any atom is 0.281 e. The Kier molecular flexibility index (Phi) is 5.95. The molecule has 1 fully saturated rings. The first-order valence-electron chi connectivity index (χ1n) is 9.52. The smallest absolute Gasteiger partial charge is 0.281 e. The van der Waals surface area contributed by atoms with Gasteiger partial charge in [0.15, 0.2) is 16.6 Å². The van der Waals surface area contributed by atoms with Crippen LogP contribution in [-0.2, 0) is 11.4 Å². The van der Waals surface area contributed by atoms with Gasteiger partial charge in [-0.25, -0.2) is 4.39 Å². The summed E-state index contributed by atoms with van der Waals surface area (Å²) in [5.41, 5.74) is 2.60. The molecule has 31 heavy (non-hydrogen) atoms. The second-order valence-electron chi connectivity index (χ2n) is 6.79. The molecule has 1 aliphatic heterocycles. The third-order valence-corrected chi connectivity index (χ3v) is 4.98. The summed E-state index contributed by atoms with van der Waals surface area (Å²) >= 11 is 5.29. The minimum atomic E-state index is -0.383. The molecule has 0 saturated carbocycles. The highest BCUT2D eigenvalue weighted by molar-refractivity contribution is 7.80. The van der Waals surface area contributed by atoms with E-state index in [0.29, 0.717) is 29.5 Å². The van der Waals surface area contributed by atoms with E-state index in [1.807, 2.05) is 36.4 Å². The van der Waals surface area contributed by atoms with Crippen LogP contribution in [0, 0.1) is 5.82 Å². The number of anilines is 1. The lowest BCUT2D eigenvalue weighted by molar-refractivity contribution is -0.113. The SMILES string of the molecule is COc1cc(/C=C2\NC(=S)N(c3ccc(F)cc3)C2=O)ccc1OCc1ccccc1. The molecule has 3 aromatic carbocycles. The Hall–Kier alpha value is -3.71. The number of carbonyl (C=O) groups is 1. The first-order chi connectivity index (χ1) is 15.0. The van der Waals surface area contributed by atoms with Gasteiger partial charge in [-0.2, -0.15) is 0 Å². The lowest BCUT2D eigenvalue weighted by Gasteiger charge is -2.13. The molecule has 1 saturated heterocycles. The van der Waals surface area contributed by atoms with Gasteiger partial charge in [-0.1, -0.05) is 36.4 Å². The summed E-state index contributed by atoms with van der Waals surface area (Å²) in [4.78, 5) is 14.2. The fourth-order valence-corrected chi connectivity index (χ4v) is 3.45. The van der Waals surface area contributed by atoms with Crippen molar-refractivity contribution in [3.05, 3.63) is 95.4 Å². The van der Waals surface area contributed by atoms with E-state index in [2.05, 4.69) is 5.32 Å². The zero-order valence-electron chi connectivity index (χ0n) is 16.7. The van der Waals surface area contributed by atoms with Gasteiger partial charge in [-0.15, -0.1) is 0 Å². The van der Waals surface area contributed by atoms with Crippen molar-refractivity contribution in [1.82, 2.24) is 5.32 Å². The molecule has 3 aromatic rings. The first-order valence-corrected chi connectivity index (χ1v) is 9.93.